The quantitative estimate of drug-likeness (QED) is 0.856. The number of alkyl halides is 3. The third-order valence-electron chi connectivity index (χ3n) is 4.21. The van der Waals surface area contributed by atoms with Gasteiger partial charge in [-0.25, -0.2) is 0 Å². The highest BCUT2D eigenvalue weighted by Crippen LogP contribution is 2.36. The first-order valence-electron chi connectivity index (χ1n) is 6.77. The first kappa shape index (κ1) is 13.5. The van der Waals surface area contributed by atoms with Gasteiger partial charge in [-0.3, -0.25) is 0 Å². The Morgan fingerprint density at radius 2 is 1.70 bits per heavy atom. The van der Waals surface area contributed by atoms with Gasteiger partial charge in [-0.1, -0.05) is 12.1 Å². The maximum absolute atomic E-state index is 12.5. The monoisotopic (exact) mass is 283 g/mol. The molecule has 1 atom stereocenters. The number of nitrogens with zero attached hydrogens (tertiary/aromatic N) is 1. The maximum atomic E-state index is 12.5. The normalized spacial score (nSPS) is 28.2. The highest BCUT2D eigenvalue weighted by atomic mass is 19.4. The number of hydrogen-bond acceptors (Lipinski definition) is 2. The molecule has 20 heavy (non-hydrogen) atoms. The lowest BCUT2D eigenvalue weighted by Gasteiger charge is -2.45. The zero-order chi connectivity index (χ0) is 14.3. The minimum Gasteiger partial charge on any atom is -0.387 e. The highest BCUT2D eigenvalue weighted by Gasteiger charge is 2.36. The fraction of sp³-hybridized carbons (Fsp3) is 0.467. The van der Waals surface area contributed by atoms with Crippen molar-refractivity contribution in [1.82, 2.24) is 4.90 Å². The number of halogens is 3. The van der Waals surface area contributed by atoms with E-state index in [4.69, 9.17) is 0 Å². The van der Waals surface area contributed by atoms with Crippen LogP contribution in [0.1, 0.15) is 24.0 Å². The first-order valence-corrected chi connectivity index (χ1v) is 6.77. The zero-order valence-corrected chi connectivity index (χ0v) is 10.9. The van der Waals surface area contributed by atoms with Gasteiger partial charge in [0.1, 0.15) is 0 Å². The fourth-order valence-corrected chi connectivity index (χ4v) is 3.02. The van der Waals surface area contributed by atoms with E-state index in [0.717, 1.165) is 43.8 Å². The number of benzene rings is 1. The van der Waals surface area contributed by atoms with Crippen molar-refractivity contribution in [2.24, 2.45) is 5.92 Å². The third kappa shape index (κ3) is 2.42. The minimum absolute atomic E-state index is 0.292. The molecule has 3 aliphatic heterocycles. The van der Waals surface area contributed by atoms with Gasteiger partial charge >= 0.3 is 6.18 Å². The van der Waals surface area contributed by atoms with E-state index in [-0.39, 0.29) is 0 Å². The average molecular weight is 283 g/mol. The average Bonchev–Trinajstić information content (AvgIpc) is 2.43. The SMILES string of the molecule is O[C@H]1/C(=C\c2ccc(C(F)(F)F)cc2)N2CCC1CC2. The predicted molar refractivity (Wildman–Crippen MR) is 69.7 cm³/mol. The number of aliphatic hydroxyl groups is 1. The van der Waals surface area contributed by atoms with Crippen molar-refractivity contribution in [3.8, 4) is 0 Å². The van der Waals surface area contributed by atoms with Crippen LogP contribution in [-0.4, -0.2) is 29.2 Å². The van der Waals surface area contributed by atoms with E-state index in [9.17, 15) is 18.3 Å². The second kappa shape index (κ2) is 4.81. The molecule has 3 heterocycles. The maximum Gasteiger partial charge on any atom is 0.416 e. The molecule has 1 aromatic rings. The van der Waals surface area contributed by atoms with Crippen molar-refractivity contribution < 1.29 is 18.3 Å². The molecule has 2 bridgehead atoms. The Hall–Kier alpha value is -1.49. The van der Waals surface area contributed by atoms with E-state index in [1.165, 1.54) is 12.1 Å². The molecular formula is C15H16F3NO. The molecule has 3 aliphatic rings. The standard InChI is InChI=1S/C15H16F3NO/c16-15(17,18)12-3-1-10(2-4-12)9-13-14(20)11-5-7-19(13)8-6-11/h1-4,9,11,14,20H,5-8H2/b13-9+/t14-/m1/s1. The van der Waals surface area contributed by atoms with Gasteiger partial charge < -0.3 is 10.0 Å². The molecule has 0 unspecified atom stereocenters. The molecule has 1 N–H and O–H groups in total. The van der Waals surface area contributed by atoms with E-state index in [2.05, 4.69) is 4.90 Å². The molecule has 0 saturated carbocycles. The van der Waals surface area contributed by atoms with Gasteiger partial charge in [0.2, 0.25) is 0 Å². The van der Waals surface area contributed by atoms with Crippen LogP contribution in [0.15, 0.2) is 30.0 Å². The number of hydrogen-bond donors (Lipinski definition) is 1. The number of fused-ring (bicyclic) bond motifs is 3. The minimum atomic E-state index is -4.31. The Morgan fingerprint density at radius 1 is 1.10 bits per heavy atom. The number of piperidine rings is 3. The molecule has 108 valence electrons. The molecular weight excluding hydrogens is 267 g/mol. The molecule has 2 nitrogen and oxygen atoms in total. The van der Waals surface area contributed by atoms with Crippen LogP contribution in [0.4, 0.5) is 13.2 Å². The van der Waals surface area contributed by atoms with Crippen molar-refractivity contribution in [3.05, 3.63) is 41.1 Å². The summed E-state index contributed by atoms with van der Waals surface area (Å²) in [5, 5.41) is 10.2. The van der Waals surface area contributed by atoms with E-state index in [1.807, 2.05) is 0 Å². The summed E-state index contributed by atoms with van der Waals surface area (Å²) in [6.07, 6.45) is -1.01. The van der Waals surface area contributed by atoms with Gasteiger partial charge in [0.15, 0.2) is 0 Å². The van der Waals surface area contributed by atoms with Gasteiger partial charge in [-0.2, -0.15) is 13.2 Å². The van der Waals surface area contributed by atoms with Crippen LogP contribution in [0.5, 0.6) is 0 Å². The molecule has 3 saturated heterocycles. The molecule has 0 aromatic heterocycles. The molecule has 1 aromatic carbocycles. The van der Waals surface area contributed by atoms with Gasteiger partial charge in [-0.15, -0.1) is 0 Å². The Bertz CT molecular complexity index is 509. The molecule has 3 fully saturated rings. The van der Waals surface area contributed by atoms with Crippen LogP contribution in [0, 0.1) is 5.92 Å². The van der Waals surface area contributed by atoms with E-state index >= 15 is 0 Å². The fourth-order valence-electron chi connectivity index (χ4n) is 3.02. The van der Waals surface area contributed by atoms with Crippen LogP contribution in [0.25, 0.3) is 6.08 Å². The summed E-state index contributed by atoms with van der Waals surface area (Å²) in [6.45, 7) is 1.85. The lowest BCUT2D eigenvalue weighted by Crippen LogP contribution is -2.48. The van der Waals surface area contributed by atoms with Gasteiger partial charge in [0.25, 0.3) is 0 Å². The smallest absolute Gasteiger partial charge is 0.387 e. The number of rotatable bonds is 1. The second-order valence-electron chi connectivity index (χ2n) is 5.46. The highest BCUT2D eigenvalue weighted by molar-refractivity contribution is 5.54. The van der Waals surface area contributed by atoms with Gasteiger partial charge in [0.05, 0.1) is 11.7 Å². The van der Waals surface area contributed by atoms with Gasteiger partial charge in [0, 0.05) is 18.8 Å². The van der Waals surface area contributed by atoms with Gasteiger partial charge in [-0.05, 0) is 42.5 Å². The summed E-state index contributed by atoms with van der Waals surface area (Å²) in [6, 6.07) is 5.06. The Morgan fingerprint density at radius 3 is 2.20 bits per heavy atom. The van der Waals surface area contributed by atoms with Crippen molar-refractivity contribution in [2.45, 2.75) is 25.1 Å². The summed E-state index contributed by atoms with van der Waals surface area (Å²) in [4.78, 5) is 2.13. The topological polar surface area (TPSA) is 23.5 Å². The lowest BCUT2D eigenvalue weighted by atomic mass is 9.83. The molecule has 0 spiro atoms. The summed E-state index contributed by atoms with van der Waals surface area (Å²) >= 11 is 0. The van der Waals surface area contributed by atoms with E-state index in [1.54, 1.807) is 6.08 Å². The van der Waals surface area contributed by atoms with E-state index < -0.39 is 17.8 Å². The van der Waals surface area contributed by atoms with E-state index in [0.29, 0.717) is 11.5 Å². The molecule has 0 amide bonds. The molecule has 5 heteroatoms. The molecule has 4 rings (SSSR count). The van der Waals surface area contributed by atoms with Crippen LogP contribution >= 0.6 is 0 Å². The third-order valence-corrected chi connectivity index (χ3v) is 4.21. The van der Waals surface area contributed by atoms with Crippen molar-refractivity contribution in [1.29, 1.82) is 0 Å². The Labute approximate surface area is 115 Å². The first-order chi connectivity index (χ1) is 9.45. The largest absolute Gasteiger partial charge is 0.416 e. The van der Waals surface area contributed by atoms with Crippen LogP contribution in [0.3, 0.4) is 0 Å². The summed E-state index contributed by atoms with van der Waals surface area (Å²) in [7, 11) is 0. The summed E-state index contributed by atoms with van der Waals surface area (Å²) in [5.74, 6) is 0.292. The van der Waals surface area contributed by atoms with Crippen LogP contribution in [-0.2, 0) is 6.18 Å². The van der Waals surface area contributed by atoms with Crippen molar-refractivity contribution in [3.63, 3.8) is 0 Å². The van der Waals surface area contributed by atoms with Crippen LogP contribution in [0.2, 0.25) is 0 Å². The second-order valence-corrected chi connectivity index (χ2v) is 5.46. The molecule has 0 aliphatic carbocycles. The number of aliphatic hydroxyl groups excluding tert-OH is 1. The summed E-state index contributed by atoms with van der Waals surface area (Å²) < 4.78 is 37.5. The zero-order valence-electron chi connectivity index (χ0n) is 10.9. The van der Waals surface area contributed by atoms with Crippen molar-refractivity contribution >= 4 is 6.08 Å². The van der Waals surface area contributed by atoms with Crippen LogP contribution < -0.4 is 0 Å². The Kier molecular flexibility index (Phi) is 3.24. The molecule has 0 radical (unpaired) electrons. The Balaban J connectivity index is 1.85. The van der Waals surface area contributed by atoms with Crippen molar-refractivity contribution in [2.75, 3.05) is 13.1 Å². The summed E-state index contributed by atoms with van der Waals surface area (Å²) in [5.41, 5.74) is 0.887. The predicted octanol–water partition coefficient (Wildman–Crippen LogP) is 3.13. The lowest BCUT2D eigenvalue weighted by molar-refractivity contribution is -0.137.